The first-order valence-electron chi connectivity index (χ1n) is 6.84. The summed E-state index contributed by atoms with van der Waals surface area (Å²) in [6.45, 7) is 6.57. The summed E-state index contributed by atoms with van der Waals surface area (Å²) in [6.07, 6.45) is 0. The van der Waals surface area contributed by atoms with E-state index in [-0.39, 0.29) is 5.56 Å². The Bertz CT molecular complexity index is 831. The molecule has 3 rings (SSSR count). The number of para-hydroxylation sites is 1. The molecular formula is C16H16N2OS2. The summed E-state index contributed by atoms with van der Waals surface area (Å²) >= 11 is 3.25. The summed E-state index contributed by atoms with van der Waals surface area (Å²) in [5.41, 5.74) is 2.91. The second kappa shape index (κ2) is 5.66. The lowest BCUT2D eigenvalue weighted by atomic mass is 10.2. The molecule has 0 saturated heterocycles. The minimum Gasteiger partial charge on any atom is -0.313 e. The molecule has 0 radical (unpaired) electrons. The zero-order valence-electron chi connectivity index (χ0n) is 12.2. The number of aryl methyl sites for hydroxylation is 1. The fraction of sp³-hybridized carbons (Fsp3) is 0.250. The van der Waals surface area contributed by atoms with Gasteiger partial charge >= 0.3 is 0 Å². The normalized spacial score (nSPS) is 11.2. The largest absolute Gasteiger partial charge is 0.313 e. The van der Waals surface area contributed by atoms with Crippen LogP contribution in [0.5, 0.6) is 0 Å². The summed E-state index contributed by atoms with van der Waals surface area (Å²) in [5.74, 6) is 0. The van der Waals surface area contributed by atoms with Crippen molar-refractivity contribution in [3.63, 3.8) is 0 Å². The second-order valence-corrected chi connectivity index (χ2v) is 7.19. The fourth-order valence-corrected chi connectivity index (χ4v) is 4.54. The van der Waals surface area contributed by atoms with E-state index in [0.717, 1.165) is 26.0 Å². The van der Waals surface area contributed by atoms with Crippen molar-refractivity contribution in [2.24, 2.45) is 0 Å². The summed E-state index contributed by atoms with van der Waals surface area (Å²) in [6, 6.07) is 10.2. The summed E-state index contributed by atoms with van der Waals surface area (Å²) in [7, 11) is 0. The van der Waals surface area contributed by atoms with E-state index >= 15 is 0 Å². The van der Waals surface area contributed by atoms with Crippen molar-refractivity contribution in [3.8, 4) is 0 Å². The van der Waals surface area contributed by atoms with Crippen molar-refractivity contribution in [1.82, 2.24) is 9.55 Å². The van der Waals surface area contributed by atoms with Gasteiger partial charge in [0.05, 0.1) is 10.2 Å². The van der Waals surface area contributed by atoms with Gasteiger partial charge in [0.25, 0.3) is 5.56 Å². The Morgan fingerprint density at radius 2 is 2.05 bits per heavy atom. The maximum absolute atomic E-state index is 12.3. The molecule has 0 aliphatic carbocycles. The van der Waals surface area contributed by atoms with Gasteiger partial charge in [0.2, 0.25) is 0 Å². The molecule has 0 saturated carbocycles. The molecule has 3 nitrogen and oxygen atoms in total. The molecular weight excluding hydrogens is 300 g/mol. The SMILES string of the molecule is CCn1c(C)cc(Sc2nc3ccccc3s2)c(C)c1=O. The smallest absolute Gasteiger partial charge is 0.254 e. The van der Waals surface area contributed by atoms with Gasteiger partial charge in [-0.1, -0.05) is 23.9 Å². The van der Waals surface area contributed by atoms with Gasteiger partial charge in [-0.25, -0.2) is 4.98 Å². The molecule has 108 valence electrons. The zero-order chi connectivity index (χ0) is 15.0. The number of rotatable bonds is 3. The number of nitrogens with zero attached hydrogens (tertiary/aromatic N) is 2. The Kier molecular flexibility index (Phi) is 3.87. The minimum absolute atomic E-state index is 0.0983. The highest BCUT2D eigenvalue weighted by atomic mass is 32.2. The van der Waals surface area contributed by atoms with Crippen LogP contribution in [0.4, 0.5) is 0 Å². The number of benzene rings is 1. The maximum atomic E-state index is 12.3. The highest BCUT2D eigenvalue weighted by Gasteiger charge is 2.12. The van der Waals surface area contributed by atoms with E-state index in [2.05, 4.69) is 17.1 Å². The molecule has 2 heterocycles. The summed E-state index contributed by atoms with van der Waals surface area (Å²) in [5, 5.41) is 0. The first-order chi connectivity index (χ1) is 10.1. The van der Waals surface area contributed by atoms with Gasteiger partial charge in [-0.3, -0.25) is 4.79 Å². The molecule has 21 heavy (non-hydrogen) atoms. The summed E-state index contributed by atoms with van der Waals surface area (Å²) < 4.78 is 3.96. The van der Waals surface area contributed by atoms with E-state index in [0.29, 0.717) is 6.54 Å². The number of aromatic nitrogens is 2. The average molecular weight is 316 g/mol. The zero-order valence-corrected chi connectivity index (χ0v) is 13.8. The van der Waals surface area contributed by atoms with Gasteiger partial charge in [0.1, 0.15) is 0 Å². The molecule has 5 heteroatoms. The van der Waals surface area contributed by atoms with Crippen LogP contribution in [0.25, 0.3) is 10.2 Å². The molecule has 0 aliphatic heterocycles. The first kappa shape index (κ1) is 14.4. The topological polar surface area (TPSA) is 34.9 Å². The predicted octanol–water partition coefficient (Wildman–Crippen LogP) is 4.25. The minimum atomic E-state index is 0.0983. The lowest BCUT2D eigenvalue weighted by Gasteiger charge is -2.11. The van der Waals surface area contributed by atoms with Crippen LogP contribution in [0, 0.1) is 13.8 Å². The third-order valence-corrected chi connectivity index (χ3v) is 5.73. The van der Waals surface area contributed by atoms with Crippen molar-refractivity contribution < 1.29 is 0 Å². The van der Waals surface area contributed by atoms with Crippen molar-refractivity contribution in [3.05, 3.63) is 51.9 Å². The first-order valence-corrected chi connectivity index (χ1v) is 8.48. The van der Waals surface area contributed by atoms with E-state index in [1.165, 1.54) is 4.70 Å². The van der Waals surface area contributed by atoms with Gasteiger partial charge in [-0.15, -0.1) is 11.3 Å². The van der Waals surface area contributed by atoms with Crippen LogP contribution in [0.2, 0.25) is 0 Å². The number of hydrogen-bond acceptors (Lipinski definition) is 4. The Morgan fingerprint density at radius 1 is 1.29 bits per heavy atom. The van der Waals surface area contributed by atoms with Crippen LogP contribution in [0.1, 0.15) is 18.2 Å². The Hall–Kier alpha value is -1.59. The van der Waals surface area contributed by atoms with Crippen LogP contribution in [0.15, 0.2) is 44.4 Å². The van der Waals surface area contributed by atoms with E-state index in [4.69, 9.17) is 0 Å². The van der Waals surface area contributed by atoms with Crippen LogP contribution in [-0.4, -0.2) is 9.55 Å². The number of pyridine rings is 1. The summed E-state index contributed by atoms with van der Waals surface area (Å²) in [4.78, 5) is 18.0. The highest BCUT2D eigenvalue weighted by molar-refractivity contribution is 8.01. The second-order valence-electron chi connectivity index (χ2n) is 4.87. The molecule has 0 fully saturated rings. The molecule has 0 atom stereocenters. The van der Waals surface area contributed by atoms with Gasteiger partial charge in [-0.2, -0.15) is 0 Å². The quantitative estimate of drug-likeness (QED) is 0.724. The average Bonchev–Trinajstić information content (AvgIpc) is 2.87. The molecule has 2 aromatic heterocycles. The number of hydrogen-bond donors (Lipinski definition) is 0. The molecule has 0 aliphatic rings. The van der Waals surface area contributed by atoms with Crippen molar-refractivity contribution in [2.45, 2.75) is 36.6 Å². The van der Waals surface area contributed by atoms with E-state index < -0.39 is 0 Å². The molecule has 0 bridgehead atoms. The number of fused-ring (bicyclic) bond motifs is 1. The Labute approximate surface area is 131 Å². The van der Waals surface area contributed by atoms with Gasteiger partial charge in [0, 0.05) is 22.7 Å². The van der Waals surface area contributed by atoms with Crippen LogP contribution >= 0.6 is 23.1 Å². The molecule has 0 spiro atoms. The van der Waals surface area contributed by atoms with E-state index in [1.54, 1.807) is 27.7 Å². The van der Waals surface area contributed by atoms with Gasteiger partial charge in [0.15, 0.2) is 4.34 Å². The molecule has 0 unspecified atom stereocenters. The van der Waals surface area contributed by atoms with E-state index in [1.807, 2.05) is 39.0 Å². The van der Waals surface area contributed by atoms with Crippen LogP contribution in [0.3, 0.4) is 0 Å². The molecule has 0 amide bonds. The number of thiazole rings is 1. The monoisotopic (exact) mass is 316 g/mol. The fourth-order valence-electron chi connectivity index (χ4n) is 2.33. The lowest BCUT2D eigenvalue weighted by molar-refractivity contribution is 0.688. The van der Waals surface area contributed by atoms with E-state index in [9.17, 15) is 4.79 Å². The van der Waals surface area contributed by atoms with Crippen molar-refractivity contribution in [2.75, 3.05) is 0 Å². The molecule has 1 aromatic carbocycles. The predicted molar refractivity (Wildman–Crippen MR) is 89.6 cm³/mol. The Morgan fingerprint density at radius 3 is 2.76 bits per heavy atom. The Balaban J connectivity index is 2.03. The van der Waals surface area contributed by atoms with Crippen molar-refractivity contribution >= 4 is 33.3 Å². The van der Waals surface area contributed by atoms with Crippen LogP contribution < -0.4 is 5.56 Å². The molecule has 3 aromatic rings. The third kappa shape index (κ3) is 2.63. The van der Waals surface area contributed by atoms with Gasteiger partial charge < -0.3 is 4.57 Å². The highest BCUT2D eigenvalue weighted by Crippen LogP contribution is 2.35. The third-order valence-electron chi connectivity index (χ3n) is 3.49. The lowest BCUT2D eigenvalue weighted by Crippen LogP contribution is -2.24. The molecule has 0 N–H and O–H groups in total. The maximum Gasteiger partial charge on any atom is 0.254 e. The standard InChI is InChI=1S/C16H16N2OS2/c1-4-18-10(2)9-14(11(3)15(18)19)21-16-17-12-7-5-6-8-13(12)20-16/h5-9H,4H2,1-3H3. The van der Waals surface area contributed by atoms with Gasteiger partial charge in [-0.05, 0) is 39.0 Å². The van der Waals surface area contributed by atoms with Crippen molar-refractivity contribution in [1.29, 1.82) is 0 Å². The van der Waals surface area contributed by atoms with Crippen LogP contribution in [-0.2, 0) is 6.54 Å².